The Morgan fingerprint density at radius 3 is 2.48 bits per heavy atom. The van der Waals surface area contributed by atoms with Gasteiger partial charge < -0.3 is 15.2 Å². The third-order valence-electron chi connectivity index (χ3n) is 6.45. The van der Waals surface area contributed by atoms with Crippen molar-refractivity contribution in [3.05, 3.63) is 47.0 Å². The van der Waals surface area contributed by atoms with Crippen LogP contribution in [0.5, 0.6) is 0 Å². The highest BCUT2D eigenvalue weighted by Gasteiger charge is 2.14. The highest BCUT2D eigenvalue weighted by Crippen LogP contribution is 2.15. The molecule has 1 aromatic carbocycles. The van der Waals surface area contributed by atoms with E-state index < -0.39 is 0 Å². The number of likely N-dealkylation sites (tertiary alicyclic amines) is 1. The summed E-state index contributed by atoms with van der Waals surface area (Å²) in [4.78, 5) is 7.32. The quantitative estimate of drug-likeness (QED) is 0.209. The molecule has 0 saturated carbocycles. The predicted molar refractivity (Wildman–Crippen MR) is 145 cm³/mol. The number of hydrogen-bond acceptors (Lipinski definition) is 4. The van der Waals surface area contributed by atoms with Gasteiger partial charge in [0.1, 0.15) is 11.6 Å². The maximum absolute atomic E-state index is 4.78. The van der Waals surface area contributed by atoms with Crippen LogP contribution in [-0.2, 0) is 32.5 Å². The summed E-state index contributed by atoms with van der Waals surface area (Å²) in [5.41, 5.74) is 2.65. The second-order valence-corrected chi connectivity index (χ2v) is 9.02. The van der Waals surface area contributed by atoms with Crippen molar-refractivity contribution >= 4 is 29.9 Å². The molecular formula is C25H40IN7. The molecule has 0 unspecified atom stereocenters. The summed E-state index contributed by atoms with van der Waals surface area (Å²) in [6.07, 6.45) is 9.51. The minimum Gasteiger partial charge on any atom is -0.357 e. The summed E-state index contributed by atoms with van der Waals surface area (Å²) in [7, 11) is 0. The Labute approximate surface area is 215 Å². The van der Waals surface area contributed by atoms with E-state index in [9.17, 15) is 0 Å². The van der Waals surface area contributed by atoms with Crippen molar-refractivity contribution in [1.29, 1.82) is 0 Å². The monoisotopic (exact) mass is 565 g/mol. The third-order valence-corrected chi connectivity index (χ3v) is 6.45. The van der Waals surface area contributed by atoms with Gasteiger partial charge in [-0.3, -0.25) is 4.90 Å². The molecule has 33 heavy (non-hydrogen) atoms. The number of hydrogen-bond donors (Lipinski definition) is 2. The van der Waals surface area contributed by atoms with E-state index in [4.69, 9.17) is 4.99 Å². The van der Waals surface area contributed by atoms with E-state index >= 15 is 0 Å². The van der Waals surface area contributed by atoms with Crippen LogP contribution in [0.4, 0.5) is 0 Å². The summed E-state index contributed by atoms with van der Waals surface area (Å²) >= 11 is 0. The molecule has 0 amide bonds. The maximum atomic E-state index is 4.78. The molecule has 0 spiro atoms. The van der Waals surface area contributed by atoms with Crippen molar-refractivity contribution in [2.45, 2.75) is 77.9 Å². The number of rotatable bonds is 9. The first kappa shape index (κ1) is 25.9. The Hall–Kier alpha value is -1.68. The van der Waals surface area contributed by atoms with Crippen molar-refractivity contribution in [3.63, 3.8) is 0 Å². The summed E-state index contributed by atoms with van der Waals surface area (Å²) < 4.78 is 2.35. The van der Waals surface area contributed by atoms with Gasteiger partial charge in [0.15, 0.2) is 5.96 Å². The van der Waals surface area contributed by atoms with Gasteiger partial charge >= 0.3 is 0 Å². The molecule has 1 fully saturated rings. The molecule has 4 rings (SSSR count). The van der Waals surface area contributed by atoms with Gasteiger partial charge in [0.05, 0.1) is 6.54 Å². The molecule has 0 bridgehead atoms. The molecular weight excluding hydrogens is 525 g/mol. The predicted octanol–water partition coefficient (Wildman–Crippen LogP) is 3.91. The van der Waals surface area contributed by atoms with Crippen LogP contribution in [0.2, 0.25) is 0 Å². The minimum atomic E-state index is 0. The average molecular weight is 566 g/mol. The maximum Gasteiger partial charge on any atom is 0.191 e. The first-order valence-corrected chi connectivity index (χ1v) is 12.5. The Balaban J connectivity index is 0.00000306. The van der Waals surface area contributed by atoms with Gasteiger partial charge in [-0.1, -0.05) is 30.7 Å². The lowest BCUT2D eigenvalue weighted by Gasteiger charge is -2.14. The lowest BCUT2D eigenvalue weighted by molar-refractivity contribution is 0.331. The van der Waals surface area contributed by atoms with Gasteiger partial charge in [0, 0.05) is 39.0 Å². The van der Waals surface area contributed by atoms with Crippen molar-refractivity contribution in [2.75, 3.05) is 26.2 Å². The van der Waals surface area contributed by atoms with Gasteiger partial charge in [-0.2, -0.15) is 0 Å². The number of nitrogens with zero attached hydrogens (tertiary/aromatic N) is 5. The third kappa shape index (κ3) is 7.95. The number of benzene rings is 1. The number of guanidine groups is 1. The van der Waals surface area contributed by atoms with E-state index in [1.54, 1.807) is 0 Å². The van der Waals surface area contributed by atoms with E-state index in [-0.39, 0.29) is 24.0 Å². The molecule has 1 saturated heterocycles. The number of nitrogens with one attached hydrogen (secondary N) is 2. The van der Waals surface area contributed by atoms with Crippen LogP contribution in [0.3, 0.4) is 0 Å². The fraction of sp³-hybridized carbons (Fsp3) is 0.640. The number of halogens is 1. The van der Waals surface area contributed by atoms with Gasteiger partial charge in [0.2, 0.25) is 0 Å². The lowest BCUT2D eigenvalue weighted by atomic mass is 10.1. The average Bonchev–Trinajstić information content (AvgIpc) is 3.39. The van der Waals surface area contributed by atoms with Crippen molar-refractivity contribution in [1.82, 2.24) is 30.3 Å². The first-order valence-electron chi connectivity index (χ1n) is 12.5. The SMILES string of the molecule is CCNC(=NCc1ccc(CN2CCCC2)cc1)NCCCc1nnc2n1CCCCC2.I. The number of aliphatic imine (C=N–C) groups is 1. The fourth-order valence-electron chi connectivity index (χ4n) is 4.64. The molecule has 0 aliphatic carbocycles. The summed E-state index contributed by atoms with van der Waals surface area (Å²) in [5.74, 6) is 3.19. The molecule has 2 aliphatic rings. The largest absolute Gasteiger partial charge is 0.357 e. The Morgan fingerprint density at radius 2 is 1.70 bits per heavy atom. The van der Waals surface area contributed by atoms with Crippen LogP contribution in [0.15, 0.2) is 29.3 Å². The number of aryl methyl sites for hydroxylation is 2. The summed E-state index contributed by atoms with van der Waals surface area (Å²) in [6, 6.07) is 8.95. The molecule has 3 heterocycles. The minimum absolute atomic E-state index is 0. The molecule has 0 radical (unpaired) electrons. The molecule has 182 valence electrons. The van der Waals surface area contributed by atoms with Crippen molar-refractivity contribution in [3.8, 4) is 0 Å². The standard InChI is InChI=1S/C25H39N7.HI/c1-2-26-25(27-15-8-10-24-30-29-23-9-4-3-5-18-32(23)24)28-19-21-11-13-22(14-12-21)20-31-16-6-7-17-31;/h11-14H,2-10,15-20H2,1H3,(H2,26,27,28);1H. The molecule has 1 aromatic heterocycles. The lowest BCUT2D eigenvalue weighted by Crippen LogP contribution is -2.37. The zero-order valence-electron chi connectivity index (χ0n) is 20.1. The highest BCUT2D eigenvalue weighted by atomic mass is 127. The van der Waals surface area contributed by atoms with E-state index in [1.165, 1.54) is 62.1 Å². The van der Waals surface area contributed by atoms with E-state index in [0.717, 1.165) is 57.2 Å². The summed E-state index contributed by atoms with van der Waals surface area (Å²) in [6.45, 7) is 9.16. The molecule has 7 nitrogen and oxygen atoms in total. The van der Waals surface area contributed by atoms with Crippen LogP contribution in [0.25, 0.3) is 0 Å². The Bertz CT molecular complexity index is 856. The van der Waals surface area contributed by atoms with Crippen LogP contribution < -0.4 is 10.6 Å². The van der Waals surface area contributed by atoms with Gasteiger partial charge in [0.25, 0.3) is 0 Å². The smallest absolute Gasteiger partial charge is 0.191 e. The van der Waals surface area contributed by atoms with Crippen LogP contribution >= 0.6 is 24.0 Å². The van der Waals surface area contributed by atoms with Crippen LogP contribution in [0, 0.1) is 0 Å². The second-order valence-electron chi connectivity index (χ2n) is 9.02. The Morgan fingerprint density at radius 1 is 0.939 bits per heavy atom. The van der Waals surface area contributed by atoms with Gasteiger partial charge in [-0.15, -0.1) is 34.2 Å². The Kier molecular flexibility index (Phi) is 10.9. The highest BCUT2D eigenvalue weighted by molar-refractivity contribution is 14.0. The molecule has 2 aliphatic heterocycles. The molecule has 0 atom stereocenters. The normalized spacial score (nSPS) is 16.7. The zero-order valence-corrected chi connectivity index (χ0v) is 22.4. The van der Waals surface area contributed by atoms with E-state index in [1.807, 2.05) is 0 Å². The molecule has 2 aromatic rings. The van der Waals surface area contributed by atoms with Crippen molar-refractivity contribution < 1.29 is 0 Å². The van der Waals surface area contributed by atoms with Gasteiger partial charge in [-0.05, 0) is 63.2 Å². The topological polar surface area (TPSA) is 70.4 Å². The fourth-order valence-corrected chi connectivity index (χ4v) is 4.64. The van der Waals surface area contributed by atoms with Crippen molar-refractivity contribution in [2.24, 2.45) is 4.99 Å². The van der Waals surface area contributed by atoms with Crippen LogP contribution in [-0.4, -0.2) is 51.8 Å². The molecule has 2 N–H and O–H groups in total. The molecule has 8 heteroatoms. The van der Waals surface area contributed by atoms with Gasteiger partial charge in [-0.25, -0.2) is 4.99 Å². The first-order chi connectivity index (χ1) is 15.8. The zero-order chi connectivity index (χ0) is 22.0. The van der Waals surface area contributed by atoms with Crippen LogP contribution in [0.1, 0.15) is 68.2 Å². The number of fused-ring (bicyclic) bond motifs is 1. The second kappa shape index (κ2) is 13.9. The van der Waals surface area contributed by atoms with E-state index in [0.29, 0.717) is 6.54 Å². The number of aromatic nitrogens is 3. The summed E-state index contributed by atoms with van der Waals surface area (Å²) in [5, 5.41) is 15.7. The van der Waals surface area contributed by atoms with E-state index in [2.05, 4.69) is 61.5 Å².